The second-order valence-corrected chi connectivity index (χ2v) is 3.44. The van der Waals surface area contributed by atoms with Crippen LogP contribution in [0, 0.1) is 0 Å². The number of allylic oxidation sites excluding steroid dienone is 1. The number of ketones is 1. The Hall–Kier alpha value is -1.88. The largest absolute Gasteiger partial charge is 0.364 e. The number of hydrogen-bond acceptors (Lipinski definition) is 3. The predicted octanol–water partition coefficient (Wildman–Crippen LogP) is 0.346. The Morgan fingerprint density at radius 1 is 1.50 bits per heavy atom. The van der Waals surface area contributed by atoms with Crippen molar-refractivity contribution in [3.05, 3.63) is 36.2 Å². The lowest BCUT2D eigenvalue weighted by atomic mass is 10.0. The van der Waals surface area contributed by atoms with Crippen LogP contribution in [0.15, 0.2) is 30.5 Å². The molecule has 1 aromatic rings. The van der Waals surface area contributed by atoms with E-state index in [1.54, 1.807) is 24.4 Å². The van der Waals surface area contributed by atoms with Crippen molar-refractivity contribution in [2.24, 2.45) is 11.5 Å². The molecule has 0 aliphatic heterocycles. The molecule has 1 aromatic heterocycles. The standard InChI is InChI=1S/C6H9NO.C5H6N2O/c7-5-3-1-2-4-6(5)8;6-5(8)4-2-1-3-7-4/h2,4-5H,1,3,7H2;1-3,7H,(H2,6,8). The summed E-state index contributed by atoms with van der Waals surface area (Å²) in [6.45, 7) is 0. The molecule has 0 radical (unpaired) electrons. The number of hydrogen-bond donors (Lipinski definition) is 3. The van der Waals surface area contributed by atoms with Crippen molar-refractivity contribution in [2.75, 3.05) is 0 Å². The van der Waals surface area contributed by atoms with Crippen LogP contribution < -0.4 is 11.5 Å². The highest BCUT2D eigenvalue weighted by Crippen LogP contribution is 2.03. The zero-order valence-electron chi connectivity index (χ0n) is 8.85. The van der Waals surface area contributed by atoms with Crippen LogP contribution in [0.5, 0.6) is 0 Å². The highest BCUT2D eigenvalue weighted by Gasteiger charge is 2.11. The summed E-state index contributed by atoms with van der Waals surface area (Å²) in [5.74, 6) is -0.355. The molecule has 1 aliphatic rings. The van der Waals surface area contributed by atoms with Gasteiger partial charge in [-0.3, -0.25) is 9.59 Å². The maximum atomic E-state index is 10.6. The molecule has 1 heterocycles. The minimum Gasteiger partial charge on any atom is -0.364 e. The molecule has 0 spiro atoms. The number of aromatic amines is 1. The lowest BCUT2D eigenvalue weighted by Crippen LogP contribution is -2.30. The maximum absolute atomic E-state index is 10.6. The summed E-state index contributed by atoms with van der Waals surface area (Å²) in [4.78, 5) is 23.5. The summed E-state index contributed by atoms with van der Waals surface area (Å²) in [5, 5.41) is 0. The molecule has 5 heteroatoms. The van der Waals surface area contributed by atoms with Crippen molar-refractivity contribution >= 4 is 11.7 Å². The van der Waals surface area contributed by atoms with E-state index in [-0.39, 0.29) is 11.8 Å². The molecule has 0 aromatic carbocycles. The third kappa shape index (κ3) is 3.70. The second kappa shape index (κ2) is 5.87. The smallest absolute Gasteiger partial charge is 0.265 e. The molecular formula is C11H15N3O2. The number of nitrogens with one attached hydrogen (secondary N) is 1. The number of amides is 1. The van der Waals surface area contributed by atoms with Crippen molar-refractivity contribution in [2.45, 2.75) is 18.9 Å². The Morgan fingerprint density at radius 2 is 2.25 bits per heavy atom. The molecule has 86 valence electrons. The lowest BCUT2D eigenvalue weighted by Gasteiger charge is -2.08. The van der Waals surface area contributed by atoms with Gasteiger partial charge in [-0.05, 0) is 31.1 Å². The van der Waals surface area contributed by atoms with Crippen LogP contribution in [0.1, 0.15) is 23.3 Å². The third-order valence-electron chi connectivity index (χ3n) is 2.16. The van der Waals surface area contributed by atoms with E-state index in [0.29, 0.717) is 5.69 Å². The zero-order valence-corrected chi connectivity index (χ0v) is 8.85. The Bertz CT molecular complexity index is 382. The first-order valence-electron chi connectivity index (χ1n) is 5.00. The minimum atomic E-state index is -0.421. The van der Waals surface area contributed by atoms with Crippen LogP contribution in [0.3, 0.4) is 0 Å². The van der Waals surface area contributed by atoms with Gasteiger partial charge in [0.2, 0.25) is 0 Å². The zero-order chi connectivity index (χ0) is 12.0. The van der Waals surface area contributed by atoms with E-state index in [2.05, 4.69) is 4.98 Å². The summed E-state index contributed by atoms with van der Waals surface area (Å²) in [7, 11) is 0. The molecule has 0 fully saturated rings. The van der Waals surface area contributed by atoms with E-state index in [1.165, 1.54) is 0 Å². The summed E-state index contributed by atoms with van der Waals surface area (Å²) < 4.78 is 0. The van der Waals surface area contributed by atoms with Gasteiger partial charge in [0, 0.05) is 6.20 Å². The number of aromatic nitrogens is 1. The van der Waals surface area contributed by atoms with E-state index in [9.17, 15) is 9.59 Å². The first-order chi connectivity index (χ1) is 7.61. The third-order valence-corrected chi connectivity index (χ3v) is 2.16. The van der Waals surface area contributed by atoms with Gasteiger partial charge in [0.25, 0.3) is 5.91 Å². The molecule has 2 rings (SSSR count). The molecule has 1 aliphatic carbocycles. The number of rotatable bonds is 1. The second-order valence-electron chi connectivity index (χ2n) is 3.44. The van der Waals surface area contributed by atoms with E-state index in [1.807, 2.05) is 6.08 Å². The van der Waals surface area contributed by atoms with Crippen molar-refractivity contribution in [3.63, 3.8) is 0 Å². The highest BCUT2D eigenvalue weighted by atomic mass is 16.1. The molecule has 5 nitrogen and oxygen atoms in total. The molecule has 1 atom stereocenters. The van der Waals surface area contributed by atoms with Crippen LogP contribution in [0.4, 0.5) is 0 Å². The fraction of sp³-hybridized carbons (Fsp3) is 0.273. The molecule has 0 saturated carbocycles. The first-order valence-corrected chi connectivity index (χ1v) is 5.00. The molecular weight excluding hydrogens is 206 g/mol. The van der Waals surface area contributed by atoms with E-state index >= 15 is 0 Å². The molecule has 1 unspecified atom stereocenters. The summed E-state index contributed by atoms with van der Waals surface area (Å²) in [5.41, 5.74) is 10.7. The van der Waals surface area contributed by atoms with E-state index in [4.69, 9.17) is 11.5 Å². The fourth-order valence-electron chi connectivity index (χ4n) is 1.22. The van der Waals surface area contributed by atoms with Crippen molar-refractivity contribution in [3.8, 4) is 0 Å². The SMILES string of the molecule is NC(=O)c1ccc[nH]1.NC1CCC=CC1=O. The van der Waals surface area contributed by atoms with Crippen LogP contribution >= 0.6 is 0 Å². The lowest BCUT2D eigenvalue weighted by molar-refractivity contribution is -0.116. The van der Waals surface area contributed by atoms with Gasteiger partial charge in [-0.2, -0.15) is 0 Å². The van der Waals surface area contributed by atoms with Crippen molar-refractivity contribution in [1.82, 2.24) is 4.98 Å². The molecule has 5 N–H and O–H groups in total. The van der Waals surface area contributed by atoms with Gasteiger partial charge in [0.15, 0.2) is 5.78 Å². The molecule has 16 heavy (non-hydrogen) atoms. The summed E-state index contributed by atoms with van der Waals surface area (Å²) in [6, 6.07) is 3.13. The average Bonchev–Trinajstić information content (AvgIpc) is 2.77. The van der Waals surface area contributed by atoms with Gasteiger partial charge in [-0.1, -0.05) is 6.08 Å². The Balaban J connectivity index is 0.000000160. The van der Waals surface area contributed by atoms with Gasteiger partial charge in [0.1, 0.15) is 5.69 Å². The number of carbonyl (C=O) groups is 2. The molecule has 0 bridgehead atoms. The van der Waals surface area contributed by atoms with E-state index < -0.39 is 5.91 Å². The Labute approximate surface area is 93.5 Å². The van der Waals surface area contributed by atoms with Crippen molar-refractivity contribution < 1.29 is 9.59 Å². The fourth-order valence-corrected chi connectivity index (χ4v) is 1.22. The summed E-state index contributed by atoms with van der Waals surface area (Å²) >= 11 is 0. The minimum absolute atomic E-state index is 0.0660. The van der Waals surface area contributed by atoms with Gasteiger partial charge in [-0.25, -0.2) is 0 Å². The van der Waals surface area contributed by atoms with Gasteiger partial charge in [0.05, 0.1) is 6.04 Å². The summed E-state index contributed by atoms with van der Waals surface area (Å²) in [6.07, 6.45) is 6.85. The molecule has 0 saturated heterocycles. The number of nitrogens with two attached hydrogens (primary N) is 2. The average molecular weight is 221 g/mol. The highest BCUT2D eigenvalue weighted by molar-refractivity contribution is 5.94. The van der Waals surface area contributed by atoms with Crippen LogP contribution in [0.2, 0.25) is 0 Å². The number of primary amides is 1. The van der Waals surface area contributed by atoms with Gasteiger partial charge in [-0.15, -0.1) is 0 Å². The van der Waals surface area contributed by atoms with Gasteiger partial charge < -0.3 is 16.5 Å². The first kappa shape index (κ1) is 12.2. The molecule has 1 amide bonds. The van der Waals surface area contributed by atoms with Crippen LogP contribution in [-0.4, -0.2) is 22.7 Å². The quantitative estimate of drug-likeness (QED) is 0.637. The Kier molecular flexibility index (Phi) is 4.47. The number of H-pyrrole nitrogens is 1. The Morgan fingerprint density at radius 3 is 2.56 bits per heavy atom. The van der Waals surface area contributed by atoms with Crippen LogP contribution in [0.25, 0.3) is 0 Å². The van der Waals surface area contributed by atoms with Crippen molar-refractivity contribution in [1.29, 1.82) is 0 Å². The van der Waals surface area contributed by atoms with E-state index in [0.717, 1.165) is 12.8 Å². The predicted molar refractivity (Wildman–Crippen MR) is 60.7 cm³/mol. The van der Waals surface area contributed by atoms with Crippen LogP contribution in [-0.2, 0) is 4.79 Å². The van der Waals surface area contributed by atoms with Gasteiger partial charge >= 0.3 is 0 Å². The topological polar surface area (TPSA) is 102 Å². The monoisotopic (exact) mass is 221 g/mol. The number of carbonyl (C=O) groups excluding carboxylic acids is 2. The maximum Gasteiger partial charge on any atom is 0.265 e. The normalized spacial score (nSPS) is 18.8.